The lowest BCUT2D eigenvalue weighted by Crippen LogP contribution is -2.58. The van der Waals surface area contributed by atoms with Gasteiger partial charge in [-0.1, -0.05) is 0 Å². The van der Waals surface area contributed by atoms with E-state index in [0.717, 1.165) is 12.1 Å². The summed E-state index contributed by atoms with van der Waals surface area (Å²) in [5.74, 6) is -0.429. The van der Waals surface area contributed by atoms with Crippen molar-refractivity contribution >= 4 is 28.2 Å². The molecule has 1 amide bonds. The summed E-state index contributed by atoms with van der Waals surface area (Å²) in [5.41, 5.74) is -0.808. The molecule has 2 aromatic rings. The molecule has 0 radical (unpaired) electrons. The van der Waals surface area contributed by atoms with Crippen molar-refractivity contribution in [3.8, 4) is 11.5 Å². The highest BCUT2D eigenvalue weighted by atomic mass is 35.5. The average molecular weight is 521 g/mol. The van der Waals surface area contributed by atoms with Gasteiger partial charge in [-0.25, -0.2) is 13.5 Å². The molecule has 1 heterocycles. The number of sulfone groups is 1. The van der Waals surface area contributed by atoms with E-state index >= 15 is 0 Å². The predicted molar refractivity (Wildman–Crippen MR) is 119 cm³/mol. The molecule has 2 N–H and O–H groups in total. The number of nitrogens with one attached hydrogen (secondary N) is 1. The monoisotopic (exact) mass is 520 g/mol. The van der Waals surface area contributed by atoms with Crippen molar-refractivity contribution in [2.45, 2.75) is 47.5 Å². The molecule has 0 aromatic heterocycles. The van der Waals surface area contributed by atoms with Crippen LogP contribution in [0.5, 0.6) is 11.5 Å². The number of hydrogen-bond donors (Lipinski definition) is 2. The molecule has 1 aliphatic heterocycles. The minimum absolute atomic E-state index is 0. The largest absolute Gasteiger partial charge is 0.457 e. The van der Waals surface area contributed by atoms with Crippen molar-refractivity contribution in [1.82, 2.24) is 10.4 Å². The Bertz CT molecular complexity index is 1110. The minimum atomic E-state index is -4.46. The van der Waals surface area contributed by atoms with Crippen molar-refractivity contribution in [2.75, 3.05) is 13.1 Å². The van der Waals surface area contributed by atoms with E-state index in [9.17, 15) is 31.6 Å². The molecule has 0 unspecified atom stereocenters. The smallest absolute Gasteiger partial charge is 0.416 e. The highest BCUT2D eigenvalue weighted by Gasteiger charge is 2.55. The summed E-state index contributed by atoms with van der Waals surface area (Å²) in [7, 11) is -4.16. The lowest BCUT2D eigenvalue weighted by molar-refractivity contribution is -0.171. The van der Waals surface area contributed by atoms with Crippen LogP contribution in [0.25, 0.3) is 0 Å². The SMILES string of the molecule is Cl.O=C(N(O)C1CC1)C1(S(=O)(=O)c2ccc(Oc3ccc(C(F)(F)F)cc3)cc2)CCNCC1. The number of piperidine rings is 1. The van der Waals surface area contributed by atoms with Crippen molar-refractivity contribution in [3.05, 3.63) is 54.1 Å². The van der Waals surface area contributed by atoms with E-state index < -0.39 is 32.2 Å². The fourth-order valence-corrected chi connectivity index (χ4v) is 5.89. The third kappa shape index (κ3) is 5.02. The highest BCUT2D eigenvalue weighted by Crippen LogP contribution is 2.39. The summed E-state index contributed by atoms with van der Waals surface area (Å²) in [6, 6.07) is 9.12. The van der Waals surface area contributed by atoms with Crippen LogP contribution in [-0.2, 0) is 20.8 Å². The minimum Gasteiger partial charge on any atom is -0.457 e. The normalized spacial score (nSPS) is 18.0. The van der Waals surface area contributed by atoms with Crippen molar-refractivity contribution in [1.29, 1.82) is 0 Å². The number of halogens is 4. The standard InChI is InChI=1S/C22H23F3N2O5S.ClH/c23-22(24,25)15-1-5-17(6-2-15)32-18-7-9-19(10-8-18)33(30,31)21(11-13-26-14-12-21)20(28)27(29)16-3-4-16;/h1-2,5-10,16,26,29H,3-4,11-14H2;1H. The summed E-state index contributed by atoms with van der Waals surface area (Å²) in [4.78, 5) is 13.0. The van der Waals surface area contributed by atoms with E-state index in [1.165, 1.54) is 36.4 Å². The van der Waals surface area contributed by atoms with Crippen LogP contribution in [0.1, 0.15) is 31.2 Å². The van der Waals surface area contributed by atoms with Crippen LogP contribution in [0.2, 0.25) is 0 Å². The zero-order valence-corrected chi connectivity index (χ0v) is 19.5. The Morgan fingerprint density at radius 3 is 1.97 bits per heavy atom. The first-order valence-electron chi connectivity index (χ1n) is 10.5. The fraction of sp³-hybridized carbons (Fsp3) is 0.409. The molecule has 34 heavy (non-hydrogen) atoms. The van der Waals surface area contributed by atoms with E-state index in [-0.39, 0.29) is 47.7 Å². The van der Waals surface area contributed by atoms with Crippen molar-refractivity contribution < 1.29 is 36.3 Å². The molecule has 1 aliphatic carbocycles. The van der Waals surface area contributed by atoms with Gasteiger partial charge in [0, 0.05) is 0 Å². The molecule has 7 nitrogen and oxygen atoms in total. The van der Waals surface area contributed by atoms with Crippen molar-refractivity contribution in [2.24, 2.45) is 0 Å². The van der Waals surface area contributed by atoms with Crippen LogP contribution in [-0.4, -0.2) is 48.5 Å². The molecule has 1 saturated heterocycles. The Labute approximate surface area is 201 Å². The maximum atomic E-state index is 13.6. The third-order valence-electron chi connectivity index (χ3n) is 5.97. The maximum Gasteiger partial charge on any atom is 0.416 e. The molecule has 12 heteroatoms. The van der Waals surface area contributed by atoms with Crippen LogP contribution >= 0.6 is 12.4 Å². The van der Waals surface area contributed by atoms with Gasteiger partial charge in [0.15, 0.2) is 14.6 Å². The van der Waals surface area contributed by atoms with Crippen LogP contribution in [0.15, 0.2) is 53.4 Å². The number of rotatable bonds is 6. The number of hydroxylamine groups is 2. The number of nitrogens with zero attached hydrogens (tertiary/aromatic N) is 1. The molecule has 0 bridgehead atoms. The van der Waals surface area contributed by atoms with E-state index in [0.29, 0.717) is 31.0 Å². The zero-order chi connectivity index (χ0) is 23.9. The number of hydrogen-bond acceptors (Lipinski definition) is 6. The maximum absolute atomic E-state index is 13.6. The Balaban J connectivity index is 0.00000324. The molecule has 1 saturated carbocycles. The predicted octanol–water partition coefficient (Wildman–Crippen LogP) is 4.20. The highest BCUT2D eigenvalue weighted by molar-refractivity contribution is 7.93. The summed E-state index contributed by atoms with van der Waals surface area (Å²) in [6.45, 7) is 0.636. The second-order valence-electron chi connectivity index (χ2n) is 8.22. The first-order valence-corrected chi connectivity index (χ1v) is 12.0. The zero-order valence-electron chi connectivity index (χ0n) is 17.9. The number of amides is 1. The Hall–Kier alpha value is -2.34. The molecular formula is C22H24ClF3N2O5S. The van der Waals surface area contributed by atoms with E-state index in [1.54, 1.807) is 0 Å². The van der Waals surface area contributed by atoms with E-state index in [4.69, 9.17) is 4.74 Å². The van der Waals surface area contributed by atoms with Crippen LogP contribution < -0.4 is 10.1 Å². The van der Waals surface area contributed by atoms with Gasteiger partial charge in [0.2, 0.25) is 0 Å². The third-order valence-corrected chi connectivity index (χ3v) is 8.47. The summed E-state index contributed by atoms with van der Waals surface area (Å²) < 4.78 is 69.0. The van der Waals surface area contributed by atoms with Crippen LogP contribution in [0, 0.1) is 0 Å². The molecule has 4 rings (SSSR count). The van der Waals surface area contributed by atoms with Crippen molar-refractivity contribution in [3.63, 3.8) is 0 Å². The first-order chi connectivity index (χ1) is 15.5. The number of benzene rings is 2. The lowest BCUT2D eigenvalue weighted by atomic mass is 9.95. The molecular weight excluding hydrogens is 497 g/mol. The molecule has 2 fully saturated rings. The number of ether oxygens (including phenoxy) is 1. The molecule has 2 aliphatic rings. The molecule has 0 spiro atoms. The summed E-state index contributed by atoms with van der Waals surface area (Å²) in [6.07, 6.45) is -3.14. The Kier molecular flexibility index (Phi) is 7.51. The van der Waals surface area contributed by atoms with E-state index in [1.807, 2.05) is 0 Å². The van der Waals surface area contributed by atoms with Gasteiger partial charge in [-0.2, -0.15) is 13.2 Å². The topological polar surface area (TPSA) is 95.9 Å². The molecule has 186 valence electrons. The summed E-state index contributed by atoms with van der Waals surface area (Å²) in [5, 5.41) is 13.9. The number of carbonyl (C=O) groups is 1. The second kappa shape index (κ2) is 9.73. The second-order valence-corrected chi connectivity index (χ2v) is 10.5. The average Bonchev–Trinajstić information content (AvgIpc) is 3.64. The van der Waals surface area contributed by atoms with Gasteiger partial charge in [0.05, 0.1) is 16.5 Å². The number of alkyl halides is 3. The molecule has 2 aromatic carbocycles. The lowest BCUT2D eigenvalue weighted by Gasteiger charge is -2.37. The van der Waals surface area contributed by atoms with Gasteiger partial charge < -0.3 is 10.1 Å². The summed E-state index contributed by atoms with van der Waals surface area (Å²) >= 11 is 0. The van der Waals surface area contributed by atoms with Crippen LogP contribution in [0.4, 0.5) is 13.2 Å². The van der Waals surface area contributed by atoms with Gasteiger partial charge in [-0.3, -0.25) is 10.0 Å². The van der Waals surface area contributed by atoms with Gasteiger partial charge in [-0.15, -0.1) is 12.4 Å². The fourth-order valence-electron chi connectivity index (χ4n) is 3.88. The van der Waals surface area contributed by atoms with Gasteiger partial charge in [-0.05, 0) is 87.3 Å². The first kappa shape index (κ1) is 26.3. The van der Waals surface area contributed by atoms with Crippen LogP contribution in [0.3, 0.4) is 0 Å². The van der Waals surface area contributed by atoms with Gasteiger partial charge >= 0.3 is 6.18 Å². The van der Waals surface area contributed by atoms with E-state index in [2.05, 4.69) is 5.32 Å². The number of carbonyl (C=O) groups excluding carboxylic acids is 1. The molecule has 0 atom stereocenters. The van der Waals surface area contributed by atoms with Gasteiger partial charge in [0.25, 0.3) is 5.91 Å². The van der Waals surface area contributed by atoms with Gasteiger partial charge in [0.1, 0.15) is 11.5 Å². The Morgan fingerprint density at radius 2 is 1.50 bits per heavy atom. The Morgan fingerprint density at radius 1 is 1.00 bits per heavy atom. The quantitative estimate of drug-likeness (QED) is 0.438.